The van der Waals surface area contributed by atoms with E-state index in [1.165, 1.54) is 0 Å². The molecule has 0 saturated heterocycles. The van der Waals surface area contributed by atoms with Crippen LogP contribution in [-0.2, 0) is 9.36 Å². The molecule has 12 heteroatoms. The normalized spacial score (nSPS) is 16.0. The number of phenolic OH excluding ortho intramolecular Hbond substituents is 1. The van der Waals surface area contributed by atoms with Crippen molar-refractivity contribution in [1.82, 2.24) is 0 Å². The number of hydrogen-bond acceptors (Lipinski definition) is 7. The van der Waals surface area contributed by atoms with E-state index in [2.05, 4.69) is 5.73 Å². The summed E-state index contributed by atoms with van der Waals surface area (Å²) in [4.78, 5) is 30.6. The number of aliphatic hydroxyl groups excluding tert-OH is 1. The van der Waals surface area contributed by atoms with E-state index in [-0.39, 0.29) is 17.7 Å². The fourth-order valence-electron chi connectivity index (χ4n) is 1.88. The van der Waals surface area contributed by atoms with Crippen LogP contribution in [0, 0.1) is 10.1 Å². The molecule has 0 spiro atoms. The molecule has 1 rings (SSSR count). The summed E-state index contributed by atoms with van der Waals surface area (Å²) in [6.45, 7) is 0. The topological polar surface area (TPSA) is 195 Å². The van der Waals surface area contributed by atoms with E-state index in [0.717, 1.165) is 19.2 Å². The zero-order chi connectivity index (χ0) is 18.7. The zero-order valence-corrected chi connectivity index (χ0v) is 13.5. The van der Waals surface area contributed by atoms with Crippen LogP contribution in [-0.4, -0.2) is 50.4 Å². The van der Waals surface area contributed by atoms with Gasteiger partial charge in [-0.1, -0.05) is 0 Å². The van der Waals surface area contributed by atoms with Crippen molar-refractivity contribution in [3.05, 3.63) is 27.8 Å². The standard InChI is InChI=1S/C12H17N2O9P/c1-23-9-5-6(4-8(10(9)15)14(19)20)12(18)24(21,22)3-2-7(13)11(16)17/h4-5,7,12,15,18H,2-3,13H2,1H3,(H,16,17)(H,21,22)/p+1/t7-,12?/m0/s1. The zero-order valence-electron chi connectivity index (χ0n) is 12.7. The molecule has 0 bridgehead atoms. The average molecular weight is 365 g/mol. The lowest BCUT2D eigenvalue weighted by atomic mass is 10.2. The van der Waals surface area contributed by atoms with Gasteiger partial charge in [0.1, 0.15) is 0 Å². The molecule has 0 aromatic heterocycles. The van der Waals surface area contributed by atoms with E-state index >= 15 is 0 Å². The van der Waals surface area contributed by atoms with E-state index in [1.54, 1.807) is 0 Å². The first-order chi connectivity index (χ1) is 11.0. The molecule has 0 fully saturated rings. The van der Waals surface area contributed by atoms with Gasteiger partial charge in [-0.05, 0) is 6.07 Å². The number of nitrogens with zero attached hydrogens (tertiary/aromatic N) is 1. The molecule has 0 aliphatic carbocycles. The maximum Gasteiger partial charge on any atom is 0.362 e. The SMILES string of the molecule is COc1cc(C(O)P(=O)(O)CC[C@H]([NH3+])C(=O)O)cc([N+](=O)[O-])c1O. The van der Waals surface area contributed by atoms with Gasteiger partial charge in [-0.15, -0.1) is 0 Å². The van der Waals surface area contributed by atoms with Crippen molar-refractivity contribution < 1.29 is 45.0 Å². The number of carboxylic acids is 1. The number of methoxy groups -OCH3 is 1. The lowest BCUT2D eigenvalue weighted by Crippen LogP contribution is -2.65. The van der Waals surface area contributed by atoms with Crippen LogP contribution in [0.3, 0.4) is 0 Å². The van der Waals surface area contributed by atoms with E-state index < -0.39 is 47.7 Å². The number of phenols is 1. The van der Waals surface area contributed by atoms with Crippen LogP contribution in [0.4, 0.5) is 5.69 Å². The van der Waals surface area contributed by atoms with Crippen LogP contribution in [0.15, 0.2) is 12.1 Å². The van der Waals surface area contributed by atoms with Gasteiger partial charge in [-0.3, -0.25) is 14.7 Å². The first-order valence-corrected chi connectivity index (χ1v) is 8.53. The van der Waals surface area contributed by atoms with Gasteiger partial charge in [0.2, 0.25) is 13.1 Å². The molecule has 0 heterocycles. The Balaban J connectivity index is 3.15. The maximum atomic E-state index is 12.2. The van der Waals surface area contributed by atoms with Gasteiger partial charge in [-0.25, -0.2) is 4.79 Å². The summed E-state index contributed by atoms with van der Waals surface area (Å²) in [5, 5.41) is 39.4. The Kier molecular flexibility index (Phi) is 6.27. The fourth-order valence-corrected chi connectivity index (χ4v) is 3.42. The molecule has 1 aromatic rings. The monoisotopic (exact) mass is 365 g/mol. The van der Waals surface area contributed by atoms with Crippen LogP contribution >= 0.6 is 7.37 Å². The van der Waals surface area contributed by atoms with Gasteiger partial charge in [0.05, 0.1) is 12.0 Å². The minimum atomic E-state index is -4.30. The number of benzene rings is 1. The number of aliphatic hydroxyl groups is 1. The van der Waals surface area contributed by atoms with E-state index in [0.29, 0.717) is 0 Å². The van der Waals surface area contributed by atoms with E-state index in [1.807, 2.05) is 0 Å². The third-order valence-corrected chi connectivity index (χ3v) is 5.28. The van der Waals surface area contributed by atoms with E-state index in [9.17, 15) is 34.6 Å². The quantitative estimate of drug-likeness (QED) is 0.232. The highest BCUT2D eigenvalue weighted by atomic mass is 31.2. The molecule has 0 radical (unpaired) electrons. The molecule has 24 heavy (non-hydrogen) atoms. The molecular weight excluding hydrogens is 347 g/mol. The van der Waals surface area contributed by atoms with Crippen molar-refractivity contribution in [3.63, 3.8) is 0 Å². The molecule has 1 aromatic carbocycles. The average Bonchev–Trinajstić information content (AvgIpc) is 2.51. The van der Waals surface area contributed by atoms with Crippen LogP contribution in [0.2, 0.25) is 0 Å². The largest absolute Gasteiger partial charge is 0.500 e. The predicted molar refractivity (Wildman–Crippen MR) is 79.9 cm³/mol. The molecule has 0 saturated carbocycles. The van der Waals surface area contributed by atoms with E-state index in [4.69, 9.17) is 9.84 Å². The van der Waals surface area contributed by atoms with Gasteiger partial charge in [0.15, 0.2) is 17.6 Å². The molecule has 134 valence electrons. The number of aliphatic carboxylic acids is 1. The molecule has 0 amide bonds. The van der Waals surface area contributed by atoms with Crippen LogP contribution in [0.5, 0.6) is 11.5 Å². The first-order valence-electron chi connectivity index (χ1n) is 6.62. The number of hydrogen-bond donors (Lipinski definition) is 5. The third kappa shape index (κ3) is 4.42. The number of ether oxygens (including phenoxy) is 1. The number of quaternary nitrogens is 1. The third-order valence-electron chi connectivity index (χ3n) is 3.32. The van der Waals surface area contributed by atoms with Gasteiger partial charge in [0, 0.05) is 24.2 Å². The van der Waals surface area contributed by atoms with Crippen molar-refractivity contribution in [1.29, 1.82) is 0 Å². The molecule has 0 aliphatic rings. The van der Waals surface area contributed by atoms with Gasteiger partial charge >= 0.3 is 11.7 Å². The van der Waals surface area contributed by atoms with Crippen molar-refractivity contribution in [3.8, 4) is 11.5 Å². The minimum absolute atomic E-state index is 0.266. The van der Waals surface area contributed by atoms with Crippen LogP contribution in [0.1, 0.15) is 17.8 Å². The lowest BCUT2D eigenvalue weighted by molar-refractivity contribution is -0.407. The van der Waals surface area contributed by atoms with Gasteiger partial charge in [-0.2, -0.15) is 0 Å². The highest BCUT2D eigenvalue weighted by molar-refractivity contribution is 7.58. The second-order valence-electron chi connectivity index (χ2n) is 5.02. The summed E-state index contributed by atoms with van der Waals surface area (Å²) >= 11 is 0. The van der Waals surface area contributed by atoms with Gasteiger partial charge < -0.3 is 30.7 Å². The Labute approximate surface area is 135 Å². The molecule has 11 nitrogen and oxygen atoms in total. The first kappa shape index (κ1) is 19.8. The number of carbonyl (C=O) groups is 1. The summed E-state index contributed by atoms with van der Waals surface area (Å²) in [6, 6.07) is 0.611. The van der Waals surface area contributed by atoms with Crippen LogP contribution < -0.4 is 10.5 Å². The van der Waals surface area contributed by atoms with Gasteiger partial charge in [0.25, 0.3) is 0 Å². The summed E-state index contributed by atoms with van der Waals surface area (Å²) in [5.74, 6) is -4.40. The summed E-state index contributed by atoms with van der Waals surface area (Å²) < 4.78 is 17.0. The Morgan fingerprint density at radius 2 is 2.08 bits per heavy atom. The molecule has 0 aliphatic heterocycles. The fraction of sp³-hybridized carbons (Fsp3) is 0.417. The lowest BCUT2D eigenvalue weighted by Gasteiger charge is -2.19. The summed E-state index contributed by atoms with van der Waals surface area (Å²) in [6.07, 6.45) is -0.816. The Bertz CT molecular complexity index is 693. The van der Waals surface area contributed by atoms with Crippen molar-refractivity contribution in [2.45, 2.75) is 18.3 Å². The number of aromatic hydroxyl groups is 1. The van der Waals surface area contributed by atoms with Crippen molar-refractivity contribution >= 4 is 19.0 Å². The van der Waals surface area contributed by atoms with Crippen molar-refractivity contribution in [2.24, 2.45) is 0 Å². The number of nitro groups is 1. The van der Waals surface area contributed by atoms with Crippen molar-refractivity contribution in [2.75, 3.05) is 13.3 Å². The molecule has 7 N–H and O–H groups in total. The predicted octanol–water partition coefficient (Wildman–Crippen LogP) is -0.344. The summed E-state index contributed by atoms with van der Waals surface area (Å²) in [7, 11) is -3.18. The number of carboxylic acid groups (broad SMARTS) is 1. The Hall–Kier alpha value is -2.20. The van der Waals surface area contributed by atoms with Crippen LogP contribution in [0.25, 0.3) is 0 Å². The number of rotatable bonds is 8. The second kappa shape index (κ2) is 7.58. The molecule has 2 unspecified atom stereocenters. The molecular formula is C12H18N2O9P+. The highest BCUT2D eigenvalue weighted by Gasteiger charge is 2.34. The Morgan fingerprint density at radius 3 is 2.54 bits per heavy atom. The Morgan fingerprint density at radius 1 is 1.50 bits per heavy atom. The smallest absolute Gasteiger partial charge is 0.362 e. The minimum Gasteiger partial charge on any atom is -0.500 e. The second-order valence-corrected chi connectivity index (χ2v) is 7.47. The maximum absolute atomic E-state index is 12.2. The highest BCUT2D eigenvalue weighted by Crippen LogP contribution is 2.55. The summed E-state index contributed by atoms with van der Waals surface area (Å²) in [5.41, 5.74) is 2.18. The molecule has 3 atom stereocenters. The number of nitro benzene ring substituents is 1.